The highest BCUT2D eigenvalue weighted by molar-refractivity contribution is 7.98. The molecule has 3 heterocycles. The highest BCUT2D eigenvalue weighted by atomic mass is 32.2. The standard InChI is InChI=1S/C20H20N8O4S/c1-4-31-19(30)15-10(2)32-18-16(15)17(21)23-14(24-18)9-33-20-25-26-27-28(20)13-7-5-6-12(8-13)22-11(3)29/h5-8H,4,9H2,1-3H3,(H,22,29)(H2,21,23,24). The number of amides is 1. The molecule has 12 nitrogen and oxygen atoms in total. The third-order valence-corrected chi connectivity index (χ3v) is 5.38. The molecule has 0 aliphatic carbocycles. The summed E-state index contributed by atoms with van der Waals surface area (Å²) in [6.07, 6.45) is 0. The van der Waals surface area contributed by atoms with E-state index in [1.54, 1.807) is 32.0 Å². The SMILES string of the molecule is CCOC(=O)c1c(C)oc2nc(CSc3nnnn3-c3cccc(NC(C)=O)c3)nc(N)c12. The van der Waals surface area contributed by atoms with Crippen LogP contribution in [0.25, 0.3) is 16.8 Å². The number of hydrogen-bond donors (Lipinski definition) is 2. The lowest BCUT2D eigenvalue weighted by atomic mass is 10.2. The van der Waals surface area contributed by atoms with Gasteiger partial charge in [0.15, 0.2) is 0 Å². The van der Waals surface area contributed by atoms with E-state index in [4.69, 9.17) is 14.9 Å². The van der Waals surface area contributed by atoms with Crippen LogP contribution in [-0.4, -0.2) is 48.7 Å². The number of fused-ring (bicyclic) bond motifs is 1. The van der Waals surface area contributed by atoms with E-state index < -0.39 is 5.97 Å². The number of nitrogens with two attached hydrogens (primary N) is 1. The van der Waals surface area contributed by atoms with E-state index in [0.29, 0.717) is 39.3 Å². The molecule has 3 aromatic heterocycles. The summed E-state index contributed by atoms with van der Waals surface area (Å²) in [5, 5.41) is 15.4. The predicted octanol–water partition coefficient (Wildman–Crippen LogP) is 2.52. The molecular formula is C20H20N8O4S. The monoisotopic (exact) mass is 468 g/mol. The maximum absolute atomic E-state index is 12.3. The first-order chi connectivity index (χ1) is 15.9. The number of tetrazole rings is 1. The van der Waals surface area contributed by atoms with E-state index in [-0.39, 0.29) is 29.6 Å². The molecule has 0 aliphatic rings. The minimum Gasteiger partial charge on any atom is -0.462 e. The van der Waals surface area contributed by atoms with Gasteiger partial charge in [0.2, 0.25) is 16.8 Å². The molecule has 1 amide bonds. The summed E-state index contributed by atoms with van der Waals surface area (Å²) >= 11 is 1.29. The molecular weight excluding hydrogens is 448 g/mol. The van der Waals surface area contributed by atoms with Gasteiger partial charge in [0.05, 0.1) is 23.4 Å². The number of nitrogen functional groups attached to an aromatic ring is 1. The van der Waals surface area contributed by atoms with Crippen molar-refractivity contribution < 1.29 is 18.7 Å². The first-order valence-electron chi connectivity index (χ1n) is 9.89. The number of aryl methyl sites for hydroxylation is 1. The van der Waals surface area contributed by atoms with Gasteiger partial charge in [0.25, 0.3) is 0 Å². The van der Waals surface area contributed by atoms with Gasteiger partial charge in [-0.15, -0.1) is 5.10 Å². The zero-order valence-corrected chi connectivity index (χ0v) is 18.8. The van der Waals surface area contributed by atoms with Gasteiger partial charge in [0, 0.05) is 12.6 Å². The summed E-state index contributed by atoms with van der Waals surface area (Å²) in [5.74, 6) is 0.446. The lowest BCUT2D eigenvalue weighted by Gasteiger charge is -2.07. The largest absolute Gasteiger partial charge is 0.462 e. The van der Waals surface area contributed by atoms with Crippen LogP contribution in [0.2, 0.25) is 0 Å². The second-order valence-corrected chi connectivity index (χ2v) is 7.79. The Bertz CT molecular complexity index is 1350. The Morgan fingerprint density at radius 3 is 2.88 bits per heavy atom. The molecule has 0 saturated carbocycles. The van der Waals surface area contributed by atoms with Crippen molar-refractivity contribution in [2.45, 2.75) is 31.7 Å². The number of carbonyl (C=O) groups excluding carboxylic acids is 2. The molecule has 170 valence electrons. The van der Waals surface area contributed by atoms with E-state index >= 15 is 0 Å². The summed E-state index contributed by atoms with van der Waals surface area (Å²) in [4.78, 5) is 32.3. The number of furan rings is 1. The van der Waals surface area contributed by atoms with Crippen LogP contribution in [0.5, 0.6) is 0 Å². The molecule has 4 aromatic rings. The Kier molecular flexibility index (Phi) is 6.22. The predicted molar refractivity (Wildman–Crippen MR) is 120 cm³/mol. The number of hydrogen-bond acceptors (Lipinski definition) is 11. The number of aromatic nitrogens is 6. The second-order valence-electron chi connectivity index (χ2n) is 6.85. The Morgan fingerprint density at radius 1 is 1.30 bits per heavy atom. The topological polar surface area (TPSA) is 164 Å². The third-order valence-electron chi connectivity index (χ3n) is 4.46. The number of nitrogens with one attached hydrogen (secondary N) is 1. The molecule has 1 aromatic carbocycles. The van der Waals surface area contributed by atoms with Gasteiger partial charge >= 0.3 is 5.97 Å². The van der Waals surface area contributed by atoms with E-state index in [1.165, 1.54) is 23.4 Å². The highest BCUT2D eigenvalue weighted by Gasteiger charge is 2.24. The van der Waals surface area contributed by atoms with Crippen LogP contribution in [0.4, 0.5) is 11.5 Å². The summed E-state index contributed by atoms with van der Waals surface area (Å²) in [7, 11) is 0. The van der Waals surface area contributed by atoms with Crippen molar-refractivity contribution in [3.05, 3.63) is 41.4 Å². The number of anilines is 2. The zero-order chi connectivity index (χ0) is 23.5. The lowest BCUT2D eigenvalue weighted by molar-refractivity contribution is -0.114. The molecule has 3 N–H and O–H groups in total. The molecule has 0 bridgehead atoms. The normalized spacial score (nSPS) is 11.0. The van der Waals surface area contributed by atoms with Crippen molar-refractivity contribution in [3.8, 4) is 5.69 Å². The van der Waals surface area contributed by atoms with Crippen molar-refractivity contribution >= 4 is 46.2 Å². The van der Waals surface area contributed by atoms with Gasteiger partial charge in [-0.05, 0) is 42.5 Å². The van der Waals surface area contributed by atoms with Crippen molar-refractivity contribution in [1.29, 1.82) is 0 Å². The fraction of sp³-hybridized carbons (Fsp3) is 0.250. The maximum Gasteiger partial charge on any atom is 0.342 e. The van der Waals surface area contributed by atoms with E-state index in [1.807, 2.05) is 6.07 Å². The fourth-order valence-electron chi connectivity index (χ4n) is 3.18. The Hall–Kier alpha value is -4.00. The summed E-state index contributed by atoms with van der Waals surface area (Å²) in [6.45, 7) is 5.02. The van der Waals surface area contributed by atoms with Crippen LogP contribution in [0.3, 0.4) is 0 Å². The number of benzene rings is 1. The maximum atomic E-state index is 12.3. The van der Waals surface area contributed by atoms with Gasteiger partial charge in [-0.2, -0.15) is 9.67 Å². The summed E-state index contributed by atoms with van der Waals surface area (Å²) < 4.78 is 12.3. The lowest BCUT2D eigenvalue weighted by Crippen LogP contribution is -2.08. The number of esters is 1. The minimum atomic E-state index is -0.535. The van der Waals surface area contributed by atoms with Crippen LogP contribution in [0.15, 0.2) is 33.8 Å². The Balaban J connectivity index is 1.58. The van der Waals surface area contributed by atoms with Crippen molar-refractivity contribution in [1.82, 2.24) is 30.2 Å². The van der Waals surface area contributed by atoms with Crippen LogP contribution in [-0.2, 0) is 15.3 Å². The second kappa shape index (κ2) is 9.24. The fourth-order valence-corrected chi connectivity index (χ4v) is 3.92. The van der Waals surface area contributed by atoms with Crippen molar-refractivity contribution in [2.24, 2.45) is 0 Å². The molecule has 0 fully saturated rings. The molecule has 0 atom stereocenters. The third kappa shape index (κ3) is 4.62. The van der Waals surface area contributed by atoms with Crippen molar-refractivity contribution in [2.75, 3.05) is 17.7 Å². The molecule has 0 spiro atoms. The Labute approximate surface area is 191 Å². The van der Waals surface area contributed by atoms with Gasteiger partial charge in [-0.1, -0.05) is 17.8 Å². The van der Waals surface area contributed by atoms with Gasteiger partial charge in [0.1, 0.15) is 23.0 Å². The molecule has 33 heavy (non-hydrogen) atoms. The van der Waals surface area contributed by atoms with Crippen molar-refractivity contribution in [3.63, 3.8) is 0 Å². The highest BCUT2D eigenvalue weighted by Crippen LogP contribution is 2.30. The molecule has 0 radical (unpaired) electrons. The average molecular weight is 468 g/mol. The summed E-state index contributed by atoms with van der Waals surface area (Å²) in [5.41, 5.74) is 7.86. The molecule has 0 saturated heterocycles. The van der Waals surface area contributed by atoms with E-state index in [2.05, 4.69) is 30.8 Å². The quantitative estimate of drug-likeness (QED) is 0.302. The number of thioether (sulfide) groups is 1. The minimum absolute atomic E-state index is 0.123. The Morgan fingerprint density at radius 2 is 2.12 bits per heavy atom. The van der Waals surface area contributed by atoms with E-state index in [0.717, 1.165) is 0 Å². The smallest absolute Gasteiger partial charge is 0.342 e. The van der Waals surface area contributed by atoms with Crippen LogP contribution >= 0.6 is 11.8 Å². The number of nitrogens with zero attached hydrogens (tertiary/aromatic N) is 6. The molecule has 0 unspecified atom stereocenters. The molecule has 4 rings (SSSR count). The van der Waals surface area contributed by atoms with Gasteiger partial charge < -0.3 is 20.2 Å². The van der Waals surface area contributed by atoms with Crippen LogP contribution in [0.1, 0.15) is 35.8 Å². The molecule has 0 aliphatic heterocycles. The number of carbonyl (C=O) groups is 2. The number of ether oxygens (including phenoxy) is 1. The van der Waals surface area contributed by atoms with Gasteiger partial charge in [-0.25, -0.2) is 9.78 Å². The molecule has 13 heteroatoms. The number of rotatable bonds is 7. The van der Waals surface area contributed by atoms with Crippen LogP contribution in [0, 0.1) is 6.92 Å². The summed E-state index contributed by atoms with van der Waals surface area (Å²) in [6, 6.07) is 7.12. The van der Waals surface area contributed by atoms with Gasteiger partial charge in [-0.3, -0.25) is 4.79 Å². The van der Waals surface area contributed by atoms with E-state index in [9.17, 15) is 9.59 Å². The van der Waals surface area contributed by atoms with Crippen LogP contribution < -0.4 is 11.1 Å². The first kappa shape index (κ1) is 22.2. The first-order valence-corrected chi connectivity index (χ1v) is 10.9. The zero-order valence-electron chi connectivity index (χ0n) is 18.0. The average Bonchev–Trinajstić information content (AvgIpc) is 3.36.